The van der Waals surface area contributed by atoms with Crippen molar-refractivity contribution >= 4 is 6.09 Å². The predicted octanol–water partition coefficient (Wildman–Crippen LogP) is 2.59. The van der Waals surface area contributed by atoms with Gasteiger partial charge in [-0.25, -0.2) is 4.79 Å². The van der Waals surface area contributed by atoms with Gasteiger partial charge in [0, 0.05) is 19.0 Å². The summed E-state index contributed by atoms with van der Waals surface area (Å²) in [5.74, 6) is 0.332. The largest absolute Gasteiger partial charge is 0.465 e. The number of piperidine rings is 1. The fourth-order valence-corrected chi connectivity index (χ4v) is 2.29. The van der Waals surface area contributed by atoms with E-state index in [0.717, 1.165) is 18.4 Å². The molecular weight excluding hydrogens is 230 g/mol. The number of carbonyl (C=O) groups is 1. The van der Waals surface area contributed by atoms with Crippen LogP contribution in [0.25, 0.3) is 0 Å². The van der Waals surface area contributed by atoms with Gasteiger partial charge in [-0.2, -0.15) is 0 Å². The number of hydrogen-bond acceptors (Lipinski definition) is 2. The summed E-state index contributed by atoms with van der Waals surface area (Å²) >= 11 is 0. The van der Waals surface area contributed by atoms with Gasteiger partial charge in [-0.3, -0.25) is 0 Å². The molecule has 1 fully saturated rings. The van der Waals surface area contributed by atoms with Crippen LogP contribution < -0.4 is 0 Å². The maximum atomic E-state index is 10.9. The van der Waals surface area contributed by atoms with Crippen molar-refractivity contribution in [3.8, 4) is 0 Å². The monoisotopic (exact) mass is 249 g/mol. The van der Waals surface area contributed by atoms with Crippen LogP contribution >= 0.6 is 0 Å². The normalized spacial score (nSPS) is 19.8. The third kappa shape index (κ3) is 3.74. The molecule has 4 nitrogen and oxygen atoms in total. The lowest BCUT2D eigenvalue weighted by molar-refractivity contribution is 0.0514. The molecule has 0 spiro atoms. The summed E-state index contributed by atoms with van der Waals surface area (Å²) in [6.07, 6.45) is 1.17. The summed E-state index contributed by atoms with van der Waals surface area (Å²) in [5.41, 5.74) is 1.16. The molecule has 1 atom stereocenters. The van der Waals surface area contributed by atoms with Gasteiger partial charge in [-0.05, 0) is 18.4 Å². The van der Waals surface area contributed by atoms with Crippen LogP contribution in [0.3, 0.4) is 0 Å². The smallest absolute Gasteiger partial charge is 0.407 e. The molecule has 1 aliphatic rings. The Bertz CT molecular complexity index is 380. The lowest BCUT2D eigenvalue weighted by Gasteiger charge is -2.30. The second-order valence-corrected chi connectivity index (χ2v) is 4.74. The quantitative estimate of drug-likeness (QED) is 0.892. The molecule has 18 heavy (non-hydrogen) atoms. The van der Waals surface area contributed by atoms with Crippen molar-refractivity contribution in [3.05, 3.63) is 35.9 Å². The Hall–Kier alpha value is -1.55. The van der Waals surface area contributed by atoms with Gasteiger partial charge in [0.1, 0.15) is 0 Å². The first kappa shape index (κ1) is 12.9. The Morgan fingerprint density at radius 2 is 2.17 bits per heavy atom. The molecule has 98 valence electrons. The van der Waals surface area contributed by atoms with Crippen molar-refractivity contribution in [1.29, 1.82) is 0 Å². The van der Waals surface area contributed by atoms with Gasteiger partial charge in [0.2, 0.25) is 0 Å². The van der Waals surface area contributed by atoms with E-state index in [0.29, 0.717) is 32.2 Å². The highest BCUT2D eigenvalue weighted by Crippen LogP contribution is 2.17. The Morgan fingerprint density at radius 1 is 1.39 bits per heavy atom. The molecule has 0 unspecified atom stereocenters. The fourth-order valence-electron chi connectivity index (χ4n) is 2.29. The third-order valence-corrected chi connectivity index (χ3v) is 3.25. The Morgan fingerprint density at radius 3 is 2.89 bits per heavy atom. The Kier molecular flexibility index (Phi) is 4.59. The van der Waals surface area contributed by atoms with E-state index in [1.54, 1.807) is 0 Å². The van der Waals surface area contributed by atoms with E-state index in [-0.39, 0.29) is 0 Å². The molecule has 1 amide bonds. The zero-order valence-electron chi connectivity index (χ0n) is 10.4. The maximum Gasteiger partial charge on any atom is 0.407 e. The van der Waals surface area contributed by atoms with Crippen LogP contribution in [0.15, 0.2) is 30.3 Å². The van der Waals surface area contributed by atoms with E-state index in [1.165, 1.54) is 4.90 Å². The molecule has 1 saturated heterocycles. The Balaban J connectivity index is 1.72. The van der Waals surface area contributed by atoms with Crippen LogP contribution in [0.5, 0.6) is 0 Å². The average molecular weight is 249 g/mol. The topological polar surface area (TPSA) is 49.8 Å². The van der Waals surface area contributed by atoms with Crippen molar-refractivity contribution in [3.63, 3.8) is 0 Å². The molecule has 4 heteroatoms. The van der Waals surface area contributed by atoms with Crippen molar-refractivity contribution in [2.75, 3.05) is 19.7 Å². The van der Waals surface area contributed by atoms with Crippen LogP contribution in [-0.2, 0) is 11.3 Å². The van der Waals surface area contributed by atoms with Crippen LogP contribution in [0, 0.1) is 5.92 Å². The molecule has 1 aliphatic heterocycles. The number of ether oxygens (including phenoxy) is 1. The van der Waals surface area contributed by atoms with Crippen LogP contribution in [0.4, 0.5) is 4.79 Å². The second-order valence-electron chi connectivity index (χ2n) is 4.74. The molecule has 0 bridgehead atoms. The van der Waals surface area contributed by atoms with Crippen molar-refractivity contribution < 1.29 is 14.6 Å². The lowest BCUT2D eigenvalue weighted by Crippen LogP contribution is -2.40. The SMILES string of the molecule is O=C(O)N1CCC[C@@H](COCc2ccccc2)C1. The number of rotatable bonds is 4. The van der Waals surface area contributed by atoms with E-state index in [1.807, 2.05) is 30.3 Å². The van der Waals surface area contributed by atoms with E-state index >= 15 is 0 Å². The summed E-state index contributed by atoms with van der Waals surface area (Å²) in [4.78, 5) is 12.4. The maximum absolute atomic E-state index is 10.9. The van der Waals surface area contributed by atoms with Gasteiger partial charge in [0.05, 0.1) is 13.2 Å². The van der Waals surface area contributed by atoms with Crippen LogP contribution in [0.2, 0.25) is 0 Å². The van der Waals surface area contributed by atoms with E-state index in [9.17, 15) is 4.79 Å². The minimum Gasteiger partial charge on any atom is -0.465 e. The summed E-state index contributed by atoms with van der Waals surface area (Å²) in [6.45, 7) is 2.50. The molecule has 0 saturated carbocycles. The Labute approximate surface area is 107 Å². The molecule has 1 N–H and O–H groups in total. The summed E-state index contributed by atoms with van der Waals surface area (Å²) < 4.78 is 5.67. The average Bonchev–Trinajstić information content (AvgIpc) is 2.40. The molecule has 1 heterocycles. The minimum atomic E-state index is -0.817. The molecule has 2 rings (SSSR count). The lowest BCUT2D eigenvalue weighted by atomic mass is 9.99. The molecular formula is C14H19NO3. The van der Waals surface area contributed by atoms with E-state index in [4.69, 9.17) is 9.84 Å². The van der Waals surface area contributed by atoms with Gasteiger partial charge < -0.3 is 14.7 Å². The van der Waals surface area contributed by atoms with E-state index in [2.05, 4.69) is 0 Å². The first-order valence-corrected chi connectivity index (χ1v) is 6.35. The highest BCUT2D eigenvalue weighted by atomic mass is 16.5. The third-order valence-electron chi connectivity index (χ3n) is 3.25. The van der Waals surface area contributed by atoms with Gasteiger partial charge in [0.15, 0.2) is 0 Å². The number of hydrogen-bond donors (Lipinski definition) is 1. The van der Waals surface area contributed by atoms with Crippen LogP contribution in [-0.4, -0.2) is 35.8 Å². The number of benzene rings is 1. The van der Waals surface area contributed by atoms with Gasteiger partial charge >= 0.3 is 6.09 Å². The molecule has 0 aromatic heterocycles. The number of amides is 1. The second kappa shape index (κ2) is 6.40. The number of carboxylic acid groups (broad SMARTS) is 1. The van der Waals surface area contributed by atoms with Crippen LogP contribution in [0.1, 0.15) is 18.4 Å². The molecule has 0 aliphatic carbocycles. The highest BCUT2D eigenvalue weighted by molar-refractivity contribution is 5.65. The number of nitrogens with zero attached hydrogens (tertiary/aromatic N) is 1. The number of likely N-dealkylation sites (tertiary alicyclic amines) is 1. The predicted molar refractivity (Wildman–Crippen MR) is 68.4 cm³/mol. The standard InChI is InChI=1S/C14H19NO3/c16-14(17)15-8-4-7-13(9-15)11-18-10-12-5-2-1-3-6-12/h1-3,5-6,13H,4,7-11H2,(H,16,17)/t13-/m1/s1. The fraction of sp³-hybridized carbons (Fsp3) is 0.500. The van der Waals surface area contributed by atoms with E-state index < -0.39 is 6.09 Å². The van der Waals surface area contributed by atoms with Gasteiger partial charge in [0.25, 0.3) is 0 Å². The molecule has 0 radical (unpaired) electrons. The van der Waals surface area contributed by atoms with Gasteiger partial charge in [-0.1, -0.05) is 30.3 Å². The minimum absolute atomic E-state index is 0.332. The van der Waals surface area contributed by atoms with Crippen molar-refractivity contribution in [1.82, 2.24) is 4.90 Å². The van der Waals surface area contributed by atoms with Gasteiger partial charge in [-0.15, -0.1) is 0 Å². The molecule has 1 aromatic carbocycles. The van der Waals surface area contributed by atoms with Crippen molar-refractivity contribution in [2.24, 2.45) is 5.92 Å². The first-order chi connectivity index (χ1) is 8.75. The summed E-state index contributed by atoms with van der Waals surface area (Å²) in [7, 11) is 0. The summed E-state index contributed by atoms with van der Waals surface area (Å²) in [5, 5.41) is 8.94. The van der Waals surface area contributed by atoms with Crippen molar-refractivity contribution in [2.45, 2.75) is 19.4 Å². The highest BCUT2D eigenvalue weighted by Gasteiger charge is 2.23. The first-order valence-electron chi connectivity index (χ1n) is 6.35. The molecule has 1 aromatic rings. The zero-order chi connectivity index (χ0) is 12.8. The summed E-state index contributed by atoms with van der Waals surface area (Å²) in [6, 6.07) is 10.0. The zero-order valence-corrected chi connectivity index (χ0v) is 10.4.